The molecule has 0 radical (unpaired) electrons. The number of H-pyrrole nitrogens is 1. The minimum atomic E-state index is -0.249. The van der Waals surface area contributed by atoms with E-state index in [9.17, 15) is 9.59 Å². The summed E-state index contributed by atoms with van der Waals surface area (Å²) in [5.41, 5.74) is 3.93. The first kappa shape index (κ1) is 23.6. The lowest BCUT2D eigenvalue weighted by atomic mass is 10.1. The Bertz CT molecular complexity index is 1360. The number of amides is 2. The molecule has 36 heavy (non-hydrogen) atoms. The van der Waals surface area contributed by atoms with E-state index in [0.717, 1.165) is 42.9 Å². The smallest absolute Gasteiger partial charge is 0.256 e. The van der Waals surface area contributed by atoms with Crippen LogP contribution >= 0.6 is 0 Å². The molecule has 1 aromatic heterocycles. The van der Waals surface area contributed by atoms with Crippen LogP contribution in [0.5, 0.6) is 0 Å². The van der Waals surface area contributed by atoms with Crippen molar-refractivity contribution in [2.24, 2.45) is 0 Å². The number of hydrogen-bond donors (Lipinski definition) is 3. The van der Waals surface area contributed by atoms with Crippen molar-refractivity contribution in [1.29, 1.82) is 0 Å². The average Bonchev–Trinajstić information content (AvgIpc) is 3.31. The van der Waals surface area contributed by atoms with E-state index in [1.165, 1.54) is 0 Å². The van der Waals surface area contributed by atoms with Crippen LogP contribution in [0, 0.1) is 0 Å². The first-order chi connectivity index (χ1) is 17.5. The third-order valence-electron chi connectivity index (χ3n) is 6.70. The summed E-state index contributed by atoms with van der Waals surface area (Å²) in [5.74, 6) is -0.0454. The number of rotatable bonds is 6. The lowest BCUT2D eigenvalue weighted by molar-refractivity contribution is 0.0939. The summed E-state index contributed by atoms with van der Waals surface area (Å²) < 4.78 is 0. The van der Waals surface area contributed by atoms with Gasteiger partial charge in [0, 0.05) is 48.4 Å². The number of nitrogens with zero attached hydrogens (tertiary/aromatic N) is 3. The summed E-state index contributed by atoms with van der Waals surface area (Å²) in [6.45, 7) is 5.95. The van der Waals surface area contributed by atoms with E-state index in [1.54, 1.807) is 18.2 Å². The fraction of sp³-hybridized carbons (Fsp3) is 0.250. The predicted octanol–water partition coefficient (Wildman–Crippen LogP) is 4.06. The number of piperazine rings is 1. The van der Waals surface area contributed by atoms with Gasteiger partial charge in [-0.05, 0) is 62.0 Å². The highest BCUT2D eigenvalue weighted by Gasteiger charge is 2.17. The van der Waals surface area contributed by atoms with Crippen LogP contribution in [-0.2, 0) is 0 Å². The van der Waals surface area contributed by atoms with Gasteiger partial charge in [0.1, 0.15) is 0 Å². The van der Waals surface area contributed by atoms with Crippen molar-refractivity contribution >= 4 is 34.2 Å². The Morgan fingerprint density at radius 2 is 1.58 bits per heavy atom. The van der Waals surface area contributed by atoms with Gasteiger partial charge in [0.15, 0.2) is 5.82 Å². The summed E-state index contributed by atoms with van der Waals surface area (Å²) in [6.07, 6.45) is 0. The number of aromatic amines is 1. The van der Waals surface area contributed by atoms with Gasteiger partial charge < -0.3 is 20.4 Å². The third-order valence-corrected chi connectivity index (χ3v) is 6.70. The maximum atomic E-state index is 12.9. The summed E-state index contributed by atoms with van der Waals surface area (Å²) in [5, 5.41) is 13.8. The van der Waals surface area contributed by atoms with Crippen molar-refractivity contribution in [3.05, 3.63) is 89.5 Å². The van der Waals surface area contributed by atoms with Crippen molar-refractivity contribution in [3.63, 3.8) is 0 Å². The van der Waals surface area contributed by atoms with Crippen LogP contribution in [-0.4, -0.2) is 60.1 Å². The van der Waals surface area contributed by atoms with Crippen LogP contribution in [0.2, 0.25) is 0 Å². The molecule has 4 aromatic rings. The molecule has 3 aromatic carbocycles. The van der Waals surface area contributed by atoms with Gasteiger partial charge >= 0.3 is 0 Å². The van der Waals surface area contributed by atoms with Crippen LogP contribution < -0.4 is 15.5 Å². The van der Waals surface area contributed by atoms with Crippen molar-refractivity contribution < 1.29 is 9.59 Å². The van der Waals surface area contributed by atoms with Crippen LogP contribution in [0.4, 0.5) is 11.5 Å². The lowest BCUT2D eigenvalue weighted by Crippen LogP contribution is -2.44. The second-order valence-electron chi connectivity index (χ2n) is 9.23. The molecule has 0 aliphatic carbocycles. The number of anilines is 2. The van der Waals surface area contributed by atoms with Gasteiger partial charge in [-0.15, -0.1) is 0 Å². The Hall–Kier alpha value is -4.17. The summed E-state index contributed by atoms with van der Waals surface area (Å²) in [6, 6.07) is 22.6. The highest BCUT2D eigenvalue weighted by Crippen LogP contribution is 2.24. The van der Waals surface area contributed by atoms with Crippen LogP contribution in [0.25, 0.3) is 10.9 Å². The number of fused-ring (bicyclic) bond motifs is 1. The van der Waals surface area contributed by atoms with E-state index in [4.69, 9.17) is 0 Å². The van der Waals surface area contributed by atoms with E-state index < -0.39 is 0 Å². The molecule has 1 atom stereocenters. The van der Waals surface area contributed by atoms with Gasteiger partial charge in [0.2, 0.25) is 0 Å². The number of benzene rings is 3. The number of carbonyl (C=O) groups excluding carboxylic acids is 2. The fourth-order valence-corrected chi connectivity index (χ4v) is 4.42. The van der Waals surface area contributed by atoms with Crippen molar-refractivity contribution in [2.45, 2.75) is 13.0 Å². The molecule has 8 heteroatoms. The summed E-state index contributed by atoms with van der Waals surface area (Å²) >= 11 is 0. The monoisotopic (exact) mass is 482 g/mol. The molecule has 1 aliphatic rings. The molecule has 0 saturated carbocycles. The Labute approximate surface area is 210 Å². The van der Waals surface area contributed by atoms with Crippen LogP contribution in [0.3, 0.4) is 0 Å². The summed E-state index contributed by atoms with van der Waals surface area (Å²) in [7, 11) is 2.13. The number of carbonyl (C=O) groups is 2. The molecule has 1 saturated heterocycles. The maximum Gasteiger partial charge on any atom is 0.256 e. The van der Waals surface area contributed by atoms with Gasteiger partial charge in [0.05, 0.1) is 11.6 Å². The van der Waals surface area contributed by atoms with Gasteiger partial charge in [-0.25, -0.2) is 0 Å². The number of hydrogen-bond acceptors (Lipinski definition) is 5. The zero-order valence-electron chi connectivity index (χ0n) is 20.5. The molecule has 3 N–H and O–H groups in total. The summed E-state index contributed by atoms with van der Waals surface area (Å²) in [4.78, 5) is 30.5. The molecule has 0 bridgehead atoms. The molecule has 0 unspecified atom stereocenters. The SMILES string of the molecule is C[C@@H](NC(=O)c1ccc2[nH]nc(NC(=O)c3ccc(N4CCN(C)CC4)cc3)c2c1)c1ccccc1. The maximum absolute atomic E-state index is 12.9. The van der Waals surface area contributed by atoms with Crippen molar-refractivity contribution in [1.82, 2.24) is 20.4 Å². The molecule has 8 nitrogen and oxygen atoms in total. The minimum Gasteiger partial charge on any atom is -0.369 e. The standard InChI is InChI=1S/C28H30N6O2/c1-19(20-6-4-3-5-7-20)29-28(36)22-10-13-25-24(18-22)26(32-31-25)30-27(35)21-8-11-23(12-9-21)34-16-14-33(2)15-17-34/h3-13,18-19H,14-17H2,1-2H3,(H,29,36)(H2,30,31,32,35)/t19-/m1/s1. The number of aromatic nitrogens is 2. The molecular formula is C28H30N6O2. The number of nitrogens with one attached hydrogen (secondary N) is 3. The third kappa shape index (κ3) is 5.08. The van der Waals surface area contributed by atoms with E-state index in [1.807, 2.05) is 61.5 Å². The minimum absolute atomic E-state index is 0.133. The van der Waals surface area contributed by atoms with E-state index in [0.29, 0.717) is 22.3 Å². The highest BCUT2D eigenvalue weighted by atomic mass is 16.2. The molecule has 184 valence electrons. The van der Waals surface area contributed by atoms with Crippen molar-refractivity contribution in [2.75, 3.05) is 43.4 Å². The zero-order chi connectivity index (χ0) is 25.1. The topological polar surface area (TPSA) is 93.4 Å². The Morgan fingerprint density at radius 3 is 2.31 bits per heavy atom. The first-order valence-electron chi connectivity index (χ1n) is 12.2. The highest BCUT2D eigenvalue weighted by molar-refractivity contribution is 6.09. The normalized spacial score (nSPS) is 15.0. The fourth-order valence-electron chi connectivity index (χ4n) is 4.42. The zero-order valence-corrected chi connectivity index (χ0v) is 20.5. The Balaban J connectivity index is 1.28. The molecule has 2 heterocycles. The average molecular weight is 483 g/mol. The lowest BCUT2D eigenvalue weighted by Gasteiger charge is -2.34. The molecule has 1 fully saturated rings. The molecular weight excluding hydrogens is 452 g/mol. The largest absolute Gasteiger partial charge is 0.369 e. The quantitative estimate of drug-likeness (QED) is 0.385. The van der Waals surface area contributed by atoms with Crippen LogP contribution in [0.15, 0.2) is 72.8 Å². The predicted molar refractivity (Wildman–Crippen MR) is 143 cm³/mol. The van der Waals surface area contributed by atoms with Gasteiger partial charge in [0.25, 0.3) is 11.8 Å². The first-order valence-corrected chi connectivity index (χ1v) is 12.2. The molecule has 0 spiro atoms. The Morgan fingerprint density at radius 1 is 0.889 bits per heavy atom. The van der Waals surface area contributed by atoms with Gasteiger partial charge in [-0.3, -0.25) is 14.7 Å². The Kier molecular flexibility index (Phi) is 6.69. The second kappa shape index (κ2) is 10.2. The van der Waals surface area contributed by atoms with Crippen LogP contribution in [0.1, 0.15) is 39.2 Å². The molecule has 1 aliphatic heterocycles. The van der Waals surface area contributed by atoms with E-state index >= 15 is 0 Å². The van der Waals surface area contributed by atoms with Crippen molar-refractivity contribution in [3.8, 4) is 0 Å². The molecule has 5 rings (SSSR count). The molecule has 2 amide bonds. The van der Waals surface area contributed by atoms with Gasteiger partial charge in [-0.2, -0.15) is 5.10 Å². The number of likely N-dealkylation sites (N-methyl/N-ethyl adjacent to an activating group) is 1. The second-order valence-corrected chi connectivity index (χ2v) is 9.23. The van der Waals surface area contributed by atoms with E-state index in [2.05, 4.69) is 37.7 Å². The van der Waals surface area contributed by atoms with E-state index in [-0.39, 0.29) is 17.9 Å². The van der Waals surface area contributed by atoms with Gasteiger partial charge in [-0.1, -0.05) is 30.3 Å².